The number of carbonyl (C=O) groups excluding carboxylic acids is 1. The second kappa shape index (κ2) is 3.20. The van der Waals surface area contributed by atoms with Crippen LogP contribution in [-0.4, -0.2) is 17.0 Å². The first-order valence-corrected chi connectivity index (χ1v) is 2.99. The van der Waals surface area contributed by atoms with Gasteiger partial charge in [-0.2, -0.15) is 0 Å². The summed E-state index contributed by atoms with van der Waals surface area (Å²) in [4.78, 5) is 20.6. The van der Waals surface area contributed by atoms with Crippen molar-refractivity contribution in [1.29, 1.82) is 0 Å². The Balaban J connectivity index is 4.07. The van der Waals surface area contributed by atoms with Crippen LogP contribution in [0.1, 0.15) is 13.8 Å². The summed E-state index contributed by atoms with van der Waals surface area (Å²) >= 11 is 0. The fraction of sp³-hybridized carbons (Fsp3) is 0.667. The van der Waals surface area contributed by atoms with Crippen LogP contribution in [0.2, 0.25) is 0 Å². The summed E-state index contributed by atoms with van der Waals surface area (Å²) in [5.74, 6) is -2.86. The molecule has 3 N–H and O–H groups in total. The van der Waals surface area contributed by atoms with Gasteiger partial charge < -0.3 is 10.8 Å². The van der Waals surface area contributed by atoms with Crippen molar-refractivity contribution in [3.05, 3.63) is 0 Å². The van der Waals surface area contributed by atoms with Crippen LogP contribution in [0.15, 0.2) is 0 Å². The molecule has 2 atom stereocenters. The fourth-order valence-corrected chi connectivity index (χ4v) is 0.460. The molecule has 10 heavy (non-hydrogen) atoms. The Morgan fingerprint density at radius 2 is 1.70 bits per heavy atom. The Bertz CT molecular complexity index is 137. The molecule has 4 nitrogen and oxygen atoms in total. The summed E-state index contributed by atoms with van der Waals surface area (Å²) in [6.07, 6.45) is 0. The molecule has 0 radical (unpaired) electrons. The summed E-state index contributed by atoms with van der Waals surface area (Å²) in [6.45, 7) is 2.96. The zero-order valence-electron chi connectivity index (χ0n) is 6.00. The fourth-order valence-electron chi connectivity index (χ4n) is 0.460. The molecule has 0 saturated heterocycles. The minimum atomic E-state index is -0.994. The van der Waals surface area contributed by atoms with Gasteiger partial charge in [-0.05, 0) is 0 Å². The van der Waals surface area contributed by atoms with Crippen LogP contribution in [0, 0.1) is 11.8 Å². The van der Waals surface area contributed by atoms with Crippen LogP contribution in [0.5, 0.6) is 0 Å². The molecule has 1 amide bonds. The van der Waals surface area contributed by atoms with E-state index in [0.29, 0.717) is 0 Å². The number of nitrogens with two attached hydrogens (primary N) is 1. The van der Waals surface area contributed by atoms with E-state index in [-0.39, 0.29) is 0 Å². The van der Waals surface area contributed by atoms with Gasteiger partial charge in [0.1, 0.15) is 0 Å². The second-order valence-electron chi connectivity index (χ2n) is 2.32. The number of carbonyl (C=O) groups is 2. The highest BCUT2D eigenvalue weighted by molar-refractivity contribution is 5.82. The lowest BCUT2D eigenvalue weighted by molar-refractivity contribution is -0.145. The van der Waals surface area contributed by atoms with Gasteiger partial charge in [0, 0.05) is 5.92 Å². The van der Waals surface area contributed by atoms with Gasteiger partial charge in [-0.25, -0.2) is 0 Å². The third-order valence-corrected chi connectivity index (χ3v) is 1.59. The third kappa shape index (κ3) is 2.05. The van der Waals surface area contributed by atoms with Gasteiger partial charge in [0.25, 0.3) is 0 Å². The molecule has 0 heterocycles. The normalized spacial score (nSPS) is 15.8. The molecule has 0 unspecified atom stereocenters. The average molecular weight is 145 g/mol. The molecule has 0 aliphatic rings. The smallest absolute Gasteiger partial charge is 0.307 e. The number of hydrogen-bond donors (Lipinski definition) is 2. The largest absolute Gasteiger partial charge is 0.481 e. The van der Waals surface area contributed by atoms with Gasteiger partial charge in [-0.1, -0.05) is 13.8 Å². The topological polar surface area (TPSA) is 80.4 Å². The van der Waals surface area contributed by atoms with Crippen LogP contribution in [0.4, 0.5) is 0 Å². The maximum Gasteiger partial charge on any atom is 0.307 e. The first-order valence-electron chi connectivity index (χ1n) is 2.99. The summed E-state index contributed by atoms with van der Waals surface area (Å²) in [7, 11) is 0. The number of primary amides is 1. The first-order chi connectivity index (χ1) is 4.46. The Kier molecular flexibility index (Phi) is 2.86. The minimum absolute atomic E-state index is 0.574. The lowest BCUT2D eigenvalue weighted by Gasteiger charge is -2.10. The van der Waals surface area contributed by atoms with Crippen LogP contribution < -0.4 is 5.73 Å². The number of hydrogen-bond acceptors (Lipinski definition) is 2. The Morgan fingerprint density at radius 1 is 1.30 bits per heavy atom. The minimum Gasteiger partial charge on any atom is -0.481 e. The molecule has 0 aromatic carbocycles. The van der Waals surface area contributed by atoms with E-state index in [1.165, 1.54) is 13.8 Å². The zero-order chi connectivity index (χ0) is 8.31. The van der Waals surface area contributed by atoms with Crippen LogP contribution >= 0.6 is 0 Å². The van der Waals surface area contributed by atoms with E-state index in [1.807, 2.05) is 0 Å². The van der Waals surface area contributed by atoms with E-state index >= 15 is 0 Å². The Hall–Kier alpha value is -1.06. The van der Waals surface area contributed by atoms with Crippen molar-refractivity contribution in [3.8, 4) is 0 Å². The highest BCUT2D eigenvalue weighted by Gasteiger charge is 2.23. The Morgan fingerprint density at radius 3 is 1.80 bits per heavy atom. The van der Waals surface area contributed by atoms with Gasteiger partial charge in [-0.3, -0.25) is 9.59 Å². The first kappa shape index (κ1) is 8.94. The highest BCUT2D eigenvalue weighted by atomic mass is 16.4. The number of aliphatic carboxylic acids is 1. The molecule has 0 aromatic heterocycles. The summed E-state index contributed by atoms with van der Waals surface area (Å²) in [5.41, 5.74) is 4.87. The number of amides is 1. The van der Waals surface area contributed by atoms with Crippen molar-refractivity contribution in [3.63, 3.8) is 0 Å². The Labute approximate surface area is 59.0 Å². The molecule has 0 rings (SSSR count). The van der Waals surface area contributed by atoms with Gasteiger partial charge in [0.05, 0.1) is 5.92 Å². The molecule has 0 fully saturated rings. The summed E-state index contributed by atoms with van der Waals surface area (Å²) in [5, 5.41) is 8.39. The van der Waals surface area contributed by atoms with Gasteiger partial charge >= 0.3 is 5.97 Å². The lowest BCUT2D eigenvalue weighted by Crippen LogP contribution is -2.30. The van der Waals surface area contributed by atoms with Crippen LogP contribution in [0.25, 0.3) is 0 Å². The molecule has 0 aliphatic carbocycles. The van der Waals surface area contributed by atoms with Crippen molar-refractivity contribution in [2.75, 3.05) is 0 Å². The van der Waals surface area contributed by atoms with Gasteiger partial charge in [-0.15, -0.1) is 0 Å². The van der Waals surface area contributed by atoms with E-state index in [1.54, 1.807) is 0 Å². The number of rotatable bonds is 3. The molecular formula is C6H11NO3. The van der Waals surface area contributed by atoms with Crippen LogP contribution in [0.3, 0.4) is 0 Å². The molecule has 58 valence electrons. The average Bonchev–Trinajstić information content (AvgIpc) is 1.84. The van der Waals surface area contributed by atoms with E-state index in [9.17, 15) is 9.59 Å². The number of carboxylic acid groups (broad SMARTS) is 1. The number of carboxylic acids is 1. The maximum absolute atomic E-state index is 10.4. The van der Waals surface area contributed by atoms with E-state index < -0.39 is 23.7 Å². The zero-order valence-corrected chi connectivity index (χ0v) is 6.00. The summed E-state index contributed by atoms with van der Waals surface area (Å²) in [6, 6.07) is 0. The van der Waals surface area contributed by atoms with E-state index in [2.05, 4.69) is 0 Å². The van der Waals surface area contributed by atoms with Crippen molar-refractivity contribution < 1.29 is 14.7 Å². The molecule has 0 saturated carbocycles. The monoisotopic (exact) mass is 145 g/mol. The van der Waals surface area contributed by atoms with Crippen LogP contribution in [-0.2, 0) is 9.59 Å². The standard InChI is InChI=1S/C6H11NO3/c1-3(5(7)8)4(2)6(9)10/h3-4H,1-2H3,(H2,7,8)(H,9,10)/t3-,4+/m1/s1. The lowest BCUT2D eigenvalue weighted by atomic mass is 9.96. The third-order valence-electron chi connectivity index (χ3n) is 1.59. The predicted octanol–water partition coefficient (Wildman–Crippen LogP) is -0.171. The van der Waals surface area contributed by atoms with Crippen molar-refractivity contribution in [2.45, 2.75) is 13.8 Å². The predicted molar refractivity (Wildman–Crippen MR) is 35.2 cm³/mol. The van der Waals surface area contributed by atoms with Crippen molar-refractivity contribution >= 4 is 11.9 Å². The van der Waals surface area contributed by atoms with E-state index in [4.69, 9.17) is 10.8 Å². The highest BCUT2D eigenvalue weighted by Crippen LogP contribution is 2.09. The van der Waals surface area contributed by atoms with Crippen molar-refractivity contribution in [2.24, 2.45) is 17.6 Å². The molecular weight excluding hydrogens is 134 g/mol. The molecule has 0 aromatic rings. The quantitative estimate of drug-likeness (QED) is 0.578. The van der Waals surface area contributed by atoms with Crippen molar-refractivity contribution in [1.82, 2.24) is 0 Å². The summed E-state index contributed by atoms with van der Waals surface area (Å²) < 4.78 is 0. The molecule has 0 aliphatic heterocycles. The maximum atomic E-state index is 10.4. The van der Waals surface area contributed by atoms with Gasteiger partial charge in [0.2, 0.25) is 5.91 Å². The molecule has 0 spiro atoms. The SMILES string of the molecule is C[C@H](C(=O)O)[C@@H](C)C(N)=O. The molecule has 0 bridgehead atoms. The van der Waals surface area contributed by atoms with Gasteiger partial charge in [0.15, 0.2) is 0 Å². The molecule has 4 heteroatoms. The van der Waals surface area contributed by atoms with E-state index in [0.717, 1.165) is 0 Å². The second-order valence-corrected chi connectivity index (χ2v) is 2.32.